The van der Waals surface area contributed by atoms with Crippen molar-refractivity contribution in [3.05, 3.63) is 46.4 Å². The summed E-state index contributed by atoms with van der Waals surface area (Å²) in [7, 11) is 0. The zero-order valence-corrected chi connectivity index (χ0v) is 17.8. The fourth-order valence-electron chi connectivity index (χ4n) is 4.29. The summed E-state index contributed by atoms with van der Waals surface area (Å²) < 4.78 is 5.48. The molecule has 3 heterocycles. The Morgan fingerprint density at radius 3 is 2.83 bits per heavy atom. The Balaban J connectivity index is 1.36. The highest BCUT2D eigenvalue weighted by Crippen LogP contribution is 2.17. The maximum atomic E-state index is 12.6. The number of nitrogens with one attached hydrogen (secondary N) is 1. The highest BCUT2D eigenvalue weighted by atomic mass is 16.2. The molecule has 4 rings (SSSR count). The van der Waals surface area contributed by atoms with E-state index in [1.165, 1.54) is 0 Å². The number of amides is 1. The fourth-order valence-corrected chi connectivity index (χ4v) is 4.29. The summed E-state index contributed by atoms with van der Waals surface area (Å²) in [6.45, 7) is 6.00. The van der Waals surface area contributed by atoms with Gasteiger partial charge in [0.2, 0.25) is 5.91 Å². The number of rotatable bonds is 7. The predicted molar refractivity (Wildman–Crippen MR) is 115 cm³/mol. The van der Waals surface area contributed by atoms with Crippen LogP contribution in [0, 0.1) is 0 Å². The van der Waals surface area contributed by atoms with Crippen LogP contribution in [0.2, 0.25) is 0 Å². The van der Waals surface area contributed by atoms with Crippen LogP contribution in [0.15, 0.2) is 29.1 Å². The molecule has 1 N–H and O–H groups in total. The Morgan fingerprint density at radius 2 is 2.03 bits per heavy atom. The molecule has 0 fully saturated rings. The number of imidazole rings is 1. The van der Waals surface area contributed by atoms with Crippen molar-refractivity contribution in [1.29, 1.82) is 0 Å². The molecule has 160 valence electrons. The fraction of sp³-hybridized carbons (Fsp3) is 0.545. The first-order valence-corrected chi connectivity index (χ1v) is 11.0. The van der Waals surface area contributed by atoms with Crippen molar-refractivity contribution in [3.8, 4) is 0 Å². The third-order valence-corrected chi connectivity index (χ3v) is 5.83. The number of nitrogens with zero attached hydrogens (tertiary/aromatic N) is 5. The van der Waals surface area contributed by atoms with Gasteiger partial charge in [0, 0.05) is 44.9 Å². The summed E-state index contributed by atoms with van der Waals surface area (Å²) in [5, 5.41) is 7.64. The first kappa shape index (κ1) is 20.4. The number of hydrogen-bond acceptors (Lipinski definition) is 4. The highest BCUT2D eigenvalue weighted by Gasteiger charge is 2.22. The molecule has 1 unspecified atom stereocenters. The highest BCUT2D eigenvalue weighted by molar-refractivity contribution is 5.78. The molecule has 8 heteroatoms. The number of aromatic nitrogens is 5. The van der Waals surface area contributed by atoms with Gasteiger partial charge in [-0.2, -0.15) is 5.10 Å². The number of hydrogen-bond donors (Lipinski definition) is 1. The minimum Gasteiger partial charge on any atom is -0.353 e. The van der Waals surface area contributed by atoms with Crippen molar-refractivity contribution in [1.82, 2.24) is 29.2 Å². The number of carbonyl (C=O) groups excluding carboxylic acids is 1. The first-order chi connectivity index (χ1) is 14.6. The van der Waals surface area contributed by atoms with Gasteiger partial charge in [-0.25, -0.2) is 14.5 Å². The third kappa shape index (κ3) is 4.04. The minimum atomic E-state index is -0.0297. The van der Waals surface area contributed by atoms with E-state index < -0.39 is 0 Å². The molecule has 0 spiro atoms. The van der Waals surface area contributed by atoms with Crippen LogP contribution in [-0.4, -0.2) is 35.8 Å². The van der Waals surface area contributed by atoms with Crippen LogP contribution in [0.3, 0.4) is 0 Å². The van der Waals surface area contributed by atoms with Gasteiger partial charge in [-0.1, -0.05) is 26.0 Å². The average molecular weight is 411 g/mol. The van der Waals surface area contributed by atoms with E-state index in [-0.39, 0.29) is 17.6 Å². The third-order valence-electron chi connectivity index (χ3n) is 5.83. The zero-order chi connectivity index (χ0) is 21.1. The molecule has 0 saturated carbocycles. The largest absolute Gasteiger partial charge is 0.353 e. The summed E-state index contributed by atoms with van der Waals surface area (Å²) >= 11 is 0. The van der Waals surface area contributed by atoms with Crippen LogP contribution in [0.1, 0.15) is 51.2 Å². The molecule has 0 bridgehead atoms. The van der Waals surface area contributed by atoms with E-state index in [1.807, 2.05) is 25.1 Å². The summed E-state index contributed by atoms with van der Waals surface area (Å²) in [5.41, 5.74) is 2.02. The van der Waals surface area contributed by atoms with E-state index in [9.17, 15) is 9.59 Å². The summed E-state index contributed by atoms with van der Waals surface area (Å²) in [6, 6.07) is 8.12. The van der Waals surface area contributed by atoms with Crippen molar-refractivity contribution in [2.24, 2.45) is 0 Å². The lowest BCUT2D eigenvalue weighted by atomic mass is 10.1. The lowest BCUT2D eigenvalue weighted by molar-refractivity contribution is -0.122. The Kier molecular flexibility index (Phi) is 6.01. The molecule has 3 aromatic rings. The van der Waals surface area contributed by atoms with E-state index in [0.717, 1.165) is 48.4 Å². The summed E-state index contributed by atoms with van der Waals surface area (Å²) in [6.07, 6.45) is 4.41. The average Bonchev–Trinajstić information content (AvgIpc) is 3.18. The van der Waals surface area contributed by atoms with Crippen LogP contribution in [-0.2, 0) is 37.3 Å². The number of aryl methyl sites for hydroxylation is 4. The van der Waals surface area contributed by atoms with Gasteiger partial charge in [0.05, 0.1) is 11.0 Å². The van der Waals surface area contributed by atoms with Crippen molar-refractivity contribution in [3.63, 3.8) is 0 Å². The maximum absolute atomic E-state index is 12.6. The number of fused-ring (bicyclic) bond motifs is 2. The Bertz CT molecular complexity index is 1090. The van der Waals surface area contributed by atoms with E-state index >= 15 is 0 Å². The predicted octanol–water partition coefficient (Wildman–Crippen LogP) is 2.28. The molecule has 1 atom stereocenters. The van der Waals surface area contributed by atoms with Gasteiger partial charge in [0.1, 0.15) is 11.6 Å². The molecular weight excluding hydrogens is 380 g/mol. The number of carbonyl (C=O) groups is 1. The number of benzene rings is 1. The minimum absolute atomic E-state index is 0.0297. The van der Waals surface area contributed by atoms with E-state index in [0.29, 0.717) is 32.5 Å². The van der Waals surface area contributed by atoms with Gasteiger partial charge in [-0.3, -0.25) is 9.36 Å². The van der Waals surface area contributed by atoms with Crippen molar-refractivity contribution < 1.29 is 4.79 Å². The van der Waals surface area contributed by atoms with Crippen LogP contribution in [0.4, 0.5) is 0 Å². The topological polar surface area (TPSA) is 86.7 Å². The van der Waals surface area contributed by atoms with Crippen LogP contribution in [0.25, 0.3) is 11.0 Å². The summed E-state index contributed by atoms with van der Waals surface area (Å²) in [4.78, 5) is 29.8. The molecular formula is C22H30N6O2. The molecule has 1 amide bonds. The lowest BCUT2D eigenvalue weighted by Gasteiger charge is -2.16. The van der Waals surface area contributed by atoms with E-state index in [4.69, 9.17) is 0 Å². The van der Waals surface area contributed by atoms with Gasteiger partial charge in [0.25, 0.3) is 0 Å². The molecule has 1 aliphatic rings. The smallest absolute Gasteiger partial charge is 0.345 e. The Hall–Kier alpha value is -2.90. The van der Waals surface area contributed by atoms with Gasteiger partial charge in [0.15, 0.2) is 0 Å². The molecule has 0 radical (unpaired) electrons. The second-order valence-corrected chi connectivity index (χ2v) is 7.94. The summed E-state index contributed by atoms with van der Waals surface area (Å²) in [5.74, 6) is 1.89. The molecule has 8 nitrogen and oxygen atoms in total. The van der Waals surface area contributed by atoms with Gasteiger partial charge < -0.3 is 9.88 Å². The van der Waals surface area contributed by atoms with Crippen LogP contribution >= 0.6 is 0 Å². The standard InChI is InChI=1S/C22H30N6O2/c1-3-13-28-22(30)27-14-11-16(9-10-20(27)25-28)23-21(29)12-15-26-18-8-6-5-7-17(18)24-19(26)4-2/h5-8,16H,3-4,9-15H2,1-2H3,(H,23,29). The van der Waals surface area contributed by atoms with Crippen LogP contribution in [0.5, 0.6) is 0 Å². The first-order valence-electron chi connectivity index (χ1n) is 11.0. The molecule has 0 aliphatic carbocycles. The zero-order valence-electron chi connectivity index (χ0n) is 17.8. The van der Waals surface area contributed by atoms with Gasteiger partial charge >= 0.3 is 5.69 Å². The van der Waals surface area contributed by atoms with Crippen molar-refractivity contribution >= 4 is 16.9 Å². The van der Waals surface area contributed by atoms with Crippen LogP contribution < -0.4 is 11.0 Å². The monoisotopic (exact) mass is 410 g/mol. The van der Waals surface area contributed by atoms with E-state index in [1.54, 1.807) is 9.25 Å². The SMILES string of the molecule is CCCn1nc2n(c1=O)CCC(NC(=O)CCn1c(CC)nc3ccccc31)CC2. The maximum Gasteiger partial charge on any atom is 0.345 e. The lowest BCUT2D eigenvalue weighted by Crippen LogP contribution is -2.36. The van der Waals surface area contributed by atoms with Crippen molar-refractivity contribution in [2.75, 3.05) is 0 Å². The number of para-hydroxylation sites is 2. The Morgan fingerprint density at radius 1 is 1.20 bits per heavy atom. The quantitative estimate of drug-likeness (QED) is 0.647. The molecule has 30 heavy (non-hydrogen) atoms. The molecule has 0 saturated heterocycles. The molecule has 1 aromatic carbocycles. The van der Waals surface area contributed by atoms with Gasteiger partial charge in [-0.15, -0.1) is 0 Å². The van der Waals surface area contributed by atoms with Gasteiger partial charge in [-0.05, 0) is 31.4 Å². The molecule has 2 aromatic heterocycles. The second-order valence-electron chi connectivity index (χ2n) is 7.94. The normalized spacial score (nSPS) is 16.4. The molecule has 1 aliphatic heterocycles. The Labute approximate surface area is 175 Å². The van der Waals surface area contributed by atoms with E-state index in [2.05, 4.69) is 33.0 Å². The second kappa shape index (κ2) is 8.85. The van der Waals surface area contributed by atoms with Crippen molar-refractivity contribution in [2.45, 2.75) is 78.0 Å².